The maximum absolute atomic E-state index is 12.1. The van der Waals surface area contributed by atoms with Crippen LogP contribution in [0.1, 0.15) is 44.9 Å². The molecule has 2 atom stereocenters. The van der Waals surface area contributed by atoms with E-state index in [1.54, 1.807) is 0 Å². The average Bonchev–Trinajstić information content (AvgIpc) is 2.42. The van der Waals surface area contributed by atoms with Crippen molar-refractivity contribution in [1.29, 1.82) is 0 Å². The second-order valence-electron chi connectivity index (χ2n) is 5.70. The minimum Gasteiger partial charge on any atom is -0.481 e. The number of fused-ring (bicyclic) bond motifs is 1. The normalized spacial score (nSPS) is 25.8. The van der Waals surface area contributed by atoms with Gasteiger partial charge >= 0.3 is 5.97 Å². The number of amides is 2. The third-order valence-electron chi connectivity index (χ3n) is 4.21. The maximum Gasteiger partial charge on any atom is 0.303 e. The Kier molecular flexibility index (Phi) is 4.98. The lowest BCUT2D eigenvalue weighted by Gasteiger charge is -2.41. The second-order valence-corrected chi connectivity index (χ2v) is 5.70. The molecule has 0 aromatic rings. The third kappa shape index (κ3) is 3.95. The predicted octanol–water partition coefficient (Wildman–Crippen LogP) is 0.758. The number of piperidine rings is 2. The van der Waals surface area contributed by atoms with Crippen LogP contribution in [0, 0.1) is 5.92 Å². The van der Waals surface area contributed by atoms with Crippen LogP contribution in [0.25, 0.3) is 0 Å². The van der Waals surface area contributed by atoms with Gasteiger partial charge in [0.1, 0.15) is 0 Å². The molecule has 2 rings (SSSR count). The largest absolute Gasteiger partial charge is 0.481 e. The van der Waals surface area contributed by atoms with Crippen LogP contribution in [-0.4, -0.2) is 46.9 Å². The molecule has 2 N–H and O–H groups in total. The molecule has 2 amide bonds. The number of rotatable bonds is 5. The van der Waals surface area contributed by atoms with Gasteiger partial charge < -0.3 is 15.3 Å². The topological polar surface area (TPSA) is 86.7 Å². The van der Waals surface area contributed by atoms with Crippen molar-refractivity contribution >= 4 is 17.8 Å². The molecular weight excluding hydrogens is 260 g/mol. The summed E-state index contributed by atoms with van der Waals surface area (Å²) in [6.07, 6.45) is 3.99. The smallest absolute Gasteiger partial charge is 0.303 e. The van der Waals surface area contributed by atoms with E-state index in [0.29, 0.717) is 38.1 Å². The molecule has 2 fully saturated rings. The van der Waals surface area contributed by atoms with Gasteiger partial charge in [-0.25, -0.2) is 0 Å². The van der Waals surface area contributed by atoms with Crippen LogP contribution in [0.4, 0.5) is 0 Å². The highest BCUT2D eigenvalue weighted by molar-refractivity contribution is 5.78. The van der Waals surface area contributed by atoms with E-state index >= 15 is 0 Å². The monoisotopic (exact) mass is 282 g/mol. The lowest BCUT2D eigenvalue weighted by Crippen LogP contribution is -2.55. The van der Waals surface area contributed by atoms with Crippen LogP contribution in [0.5, 0.6) is 0 Å². The molecule has 2 aliphatic rings. The van der Waals surface area contributed by atoms with Crippen LogP contribution in [0.3, 0.4) is 0 Å². The van der Waals surface area contributed by atoms with Crippen molar-refractivity contribution in [2.45, 2.75) is 51.0 Å². The van der Waals surface area contributed by atoms with Gasteiger partial charge in [-0.05, 0) is 31.6 Å². The summed E-state index contributed by atoms with van der Waals surface area (Å²) in [6.45, 7) is 1.42. The molecule has 6 nitrogen and oxygen atoms in total. The fourth-order valence-electron chi connectivity index (χ4n) is 3.05. The molecule has 6 heteroatoms. The van der Waals surface area contributed by atoms with Gasteiger partial charge in [-0.2, -0.15) is 0 Å². The summed E-state index contributed by atoms with van der Waals surface area (Å²) >= 11 is 0. The molecule has 20 heavy (non-hydrogen) atoms. The number of aliphatic carboxylic acids is 1. The van der Waals surface area contributed by atoms with Gasteiger partial charge in [0.25, 0.3) is 0 Å². The van der Waals surface area contributed by atoms with Crippen LogP contribution < -0.4 is 5.32 Å². The van der Waals surface area contributed by atoms with Crippen LogP contribution >= 0.6 is 0 Å². The van der Waals surface area contributed by atoms with Gasteiger partial charge in [0.2, 0.25) is 11.8 Å². The molecule has 112 valence electrons. The quantitative estimate of drug-likeness (QED) is 0.729. The van der Waals surface area contributed by atoms with Gasteiger partial charge in [0.05, 0.1) is 0 Å². The Morgan fingerprint density at radius 3 is 2.75 bits per heavy atom. The molecule has 0 aromatic heterocycles. The fourth-order valence-corrected chi connectivity index (χ4v) is 3.05. The summed E-state index contributed by atoms with van der Waals surface area (Å²) in [4.78, 5) is 35.7. The number of likely N-dealkylation sites (tertiary alicyclic amines) is 1. The first-order chi connectivity index (χ1) is 9.56. The Morgan fingerprint density at radius 2 is 2.00 bits per heavy atom. The molecule has 0 saturated carbocycles. The molecule has 2 heterocycles. The fraction of sp³-hybridized carbons (Fsp3) is 0.786. The number of carboxylic acids is 1. The van der Waals surface area contributed by atoms with Crippen molar-refractivity contribution in [3.8, 4) is 0 Å². The van der Waals surface area contributed by atoms with Gasteiger partial charge in [0.15, 0.2) is 0 Å². The first-order valence-electron chi connectivity index (χ1n) is 7.35. The molecule has 0 spiro atoms. The van der Waals surface area contributed by atoms with Crippen LogP contribution in [0.2, 0.25) is 0 Å². The number of nitrogens with one attached hydrogen (secondary N) is 1. The molecule has 2 saturated heterocycles. The summed E-state index contributed by atoms with van der Waals surface area (Å²) in [7, 11) is 0. The highest BCUT2D eigenvalue weighted by atomic mass is 16.4. The van der Waals surface area contributed by atoms with E-state index in [1.165, 1.54) is 0 Å². The highest BCUT2D eigenvalue weighted by Gasteiger charge is 2.34. The Morgan fingerprint density at radius 1 is 1.25 bits per heavy atom. The van der Waals surface area contributed by atoms with Crippen LogP contribution in [0.15, 0.2) is 0 Å². The zero-order valence-electron chi connectivity index (χ0n) is 11.6. The van der Waals surface area contributed by atoms with Gasteiger partial charge in [-0.3, -0.25) is 14.4 Å². The standard InChI is InChI=1S/C14H22N2O4/c17-12-6-5-10-9-16(8-7-11(10)15-12)13(18)3-1-2-4-14(19)20/h10-11H,1-9H2,(H,15,17)(H,19,20). The minimum atomic E-state index is -0.809. The molecule has 0 bridgehead atoms. The lowest BCUT2D eigenvalue weighted by molar-refractivity contribution is -0.138. The molecule has 0 aliphatic carbocycles. The number of hydrogen-bond acceptors (Lipinski definition) is 3. The number of unbranched alkanes of at least 4 members (excludes halogenated alkanes) is 1. The molecule has 0 aromatic carbocycles. The zero-order chi connectivity index (χ0) is 14.5. The number of carbonyl (C=O) groups is 3. The van der Waals surface area contributed by atoms with Crippen molar-refractivity contribution in [2.75, 3.05) is 13.1 Å². The van der Waals surface area contributed by atoms with E-state index < -0.39 is 5.97 Å². The predicted molar refractivity (Wildman–Crippen MR) is 72.0 cm³/mol. The van der Waals surface area contributed by atoms with Crippen molar-refractivity contribution in [1.82, 2.24) is 10.2 Å². The second kappa shape index (κ2) is 6.72. The SMILES string of the molecule is O=C(O)CCCCC(=O)N1CCC2NC(=O)CCC2C1. The molecule has 2 unspecified atom stereocenters. The summed E-state index contributed by atoms with van der Waals surface area (Å²) in [5, 5.41) is 11.5. The Labute approximate surface area is 118 Å². The van der Waals surface area contributed by atoms with E-state index in [2.05, 4.69) is 5.32 Å². The molecular formula is C14H22N2O4. The van der Waals surface area contributed by atoms with Gasteiger partial charge in [-0.15, -0.1) is 0 Å². The van der Waals surface area contributed by atoms with E-state index in [-0.39, 0.29) is 24.3 Å². The number of hydrogen-bond donors (Lipinski definition) is 2. The van der Waals surface area contributed by atoms with Gasteiger partial charge in [0, 0.05) is 38.4 Å². The van der Waals surface area contributed by atoms with Crippen molar-refractivity contribution < 1.29 is 19.5 Å². The van der Waals surface area contributed by atoms with Gasteiger partial charge in [-0.1, -0.05) is 0 Å². The first-order valence-corrected chi connectivity index (χ1v) is 7.35. The van der Waals surface area contributed by atoms with Crippen molar-refractivity contribution in [2.24, 2.45) is 5.92 Å². The van der Waals surface area contributed by atoms with Crippen molar-refractivity contribution in [3.63, 3.8) is 0 Å². The van der Waals surface area contributed by atoms with E-state index in [4.69, 9.17) is 5.11 Å². The Hall–Kier alpha value is -1.59. The summed E-state index contributed by atoms with van der Waals surface area (Å²) in [5.41, 5.74) is 0. The van der Waals surface area contributed by atoms with E-state index in [9.17, 15) is 14.4 Å². The van der Waals surface area contributed by atoms with E-state index in [0.717, 1.165) is 19.4 Å². The molecule has 2 aliphatic heterocycles. The number of carbonyl (C=O) groups excluding carboxylic acids is 2. The summed E-state index contributed by atoms with van der Waals surface area (Å²) in [5.74, 6) is -0.189. The van der Waals surface area contributed by atoms with Crippen LogP contribution in [-0.2, 0) is 14.4 Å². The van der Waals surface area contributed by atoms with E-state index in [1.807, 2.05) is 4.90 Å². The number of nitrogens with zero attached hydrogens (tertiary/aromatic N) is 1. The first kappa shape index (κ1) is 14.8. The summed E-state index contributed by atoms with van der Waals surface area (Å²) < 4.78 is 0. The number of carboxylic acid groups (broad SMARTS) is 1. The Balaban J connectivity index is 1.72. The average molecular weight is 282 g/mol. The highest BCUT2D eigenvalue weighted by Crippen LogP contribution is 2.25. The summed E-state index contributed by atoms with van der Waals surface area (Å²) in [6, 6.07) is 0.229. The zero-order valence-corrected chi connectivity index (χ0v) is 11.6. The Bertz CT molecular complexity index is 397. The minimum absolute atomic E-state index is 0.116. The third-order valence-corrected chi connectivity index (χ3v) is 4.21. The maximum atomic E-state index is 12.1. The lowest BCUT2D eigenvalue weighted by atomic mass is 9.85. The molecule has 0 radical (unpaired) electrons. The van der Waals surface area contributed by atoms with Crippen molar-refractivity contribution in [3.05, 3.63) is 0 Å².